The fraction of sp³-hybridized carbons (Fsp3) is 0.136. The van der Waals surface area contributed by atoms with E-state index < -0.39 is 19.8 Å². The summed E-state index contributed by atoms with van der Waals surface area (Å²) in [6.45, 7) is 0.888. The van der Waals surface area contributed by atoms with Crippen molar-refractivity contribution in [2.75, 3.05) is 6.54 Å². The summed E-state index contributed by atoms with van der Waals surface area (Å²) in [6.07, 6.45) is 1.76. The molecule has 1 fully saturated rings. The molecule has 3 aromatic rings. The van der Waals surface area contributed by atoms with E-state index in [-0.39, 0.29) is 18.3 Å². The van der Waals surface area contributed by atoms with E-state index in [0.29, 0.717) is 0 Å². The van der Waals surface area contributed by atoms with E-state index in [0.717, 1.165) is 19.4 Å². The second kappa shape index (κ2) is 11.0. The minimum atomic E-state index is -1.98. The molecule has 1 radical (unpaired) electrons. The first-order valence-corrected chi connectivity index (χ1v) is 12.9. The number of amides is 1. The molecule has 1 aliphatic heterocycles. The molecular weight excluding hydrogens is 448 g/mol. The van der Waals surface area contributed by atoms with Gasteiger partial charge in [-0.05, 0) is 6.42 Å². The van der Waals surface area contributed by atoms with Crippen molar-refractivity contribution in [3.05, 3.63) is 91.0 Å². The standard InChI is InChI=1S/3C6H5.C4H7NO.ClH.Sn/c3*1-2-4-6-5-3-1;6-4-2-1-3-5-4;;/h3*1-5H;1-3H2,(H,5,6);1H;. The molecule has 4 rings (SSSR count). The first kappa shape index (κ1) is 20.5. The van der Waals surface area contributed by atoms with Gasteiger partial charge in [0.1, 0.15) is 0 Å². The minimum absolute atomic E-state index is 0. The molecular formula is C22H23ClNOSn. The Kier molecular flexibility index (Phi) is 8.72. The third-order valence-corrected chi connectivity index (χ3v) is 11.9. The molecule has 0 aromatic heterocycles. The first-order valence-electron chi connectivity index (χ1n) is 8.64. The van der Waals surface area contributed by atoms with Gasteiger partial charge in [0.05, 0.1) is 0 Å². The van der Waals surface area contributed by atoms with E-state index in [2.05, 4.69) is 96.3 Å². The second-order valence-electron chi connectivity index (χ2n) is 5.93. The molecule has 1 heterocycles. The van der Waals surface area contributed by atoms with Crippen LogP contribution >= 0.6 is 12.4 Å². The molecule has 1 N–H and O–H groups in total. The van der Waals surface area contributed by atoms with Crippen LogP contribution in [0, 0.1) is 0 Å². The molecule has 0 atom stereocenters. The van der Waals surface area contributed by atoms with E-state index >= 15 is 0 Å². The quantitative estimate of drug-likeness (QED) is 0.585. The summed E-state index contributed by atoms with van der Waals surface area (Å²) in [4.78, 5) is 10.1. The summed E-state index contributed by atoms with van der Waals surface area (Å²) >= 11 is -1.98. The summed E-state index contributed by atoms with van der Waals surface area (Å²) in [5, 5.41) is 2.68. The van der Waals surface area contributed by atoms with E-state index in [9.17, 15) is 4.79 Å². The summed E-state index contributed by atoms with van der Waals surface area (Å²) in [7, 11) is 0. The van der Waals surface area contributed by atoms with E-state index in [1.807, 2.05) is 0 Å². The van der Waals surface area contributed by atoms with E-state index in [1.54, 1.807) is 0 Å². The third kappa shape index (κ3) is 5.89. The maximum atomic E-state index is 10.1. The molecule has 0 saturated carbocycles. The monoisotopic (exact) mass is 472 g/mol. The number of nitrogens with one attached hydrogen (secondary N) is 1. The third-order valence-electron chi connectivity index (χ3n) is 4.09. The Morgan fingerprint density at radius 1 is 0.654 bits per heavy atom. The molecule has 1 aliphatic rings. The normalized spacial score (nSPS) is 12.6. The zero-order valence-corrected chi connectivity index (χ0v) is 18.3. The summed E-state index contributed by atoms with van der Waals surface area (Å²) in [5.74, 6) is 0.204. The average molecular weight is 472 g/mol. The van der Waals surface area contributed by atoms with Gasteiger partial charge in [-0.2, -0.15) is 0 Å². The van der Waals surface area contributed by atoms with Gasteiger partial charge in [-0.15, -0.1) is 12.4 Å². The van der Waals surface area contributed by atoms with Crippen LogP contribution in [0.15, 0.2) is 91.0 Å². The molecule has 4 heteroatoms. The number of halogens is 1. The summed E-state index contributed by atoms with van der Waals surface area (Å²) in [5.41, 5.74) is 0. The number of carbonyl (C=O) groups is 1. The number of hydrogen-bond donors (Lipinski definition) is 1. The molecule has 3 aromatic carbocycles. The van der Waals surface area contributed by atoms with Crippen LogP contribution in [0.5, 0.6) is 0 Å². The molecule has 0 spiro atoms. The fourth-order valence-corrected chi connectivity index (χ4v) is 10.2. The van der Waals surface area contributed by atoms with Crippen LogP contribution in [0.4, 0.5) is 0 Å². The summed E-state index contributed by atoms with van der Waals surface area (Å²) < 4.78 is 4.59. The van der Waals surface area contributed by atoms with Crippen LogP contribution in [0.1, 0.15) is 12.8 Å². The van der Waals surface area contributed by atoms with Crippen molar-refractivity contribution in [1.82, 2.24) is 5.32 Å². The van der Waals surface area contributed by atoms with Crippen LogP contribution in [-0.2, 0) is 4.79 Å². The Morgan fingerprint density at radius 2 is 1.04 bits per heavy atom. The molecule has 2 nitrogen and oxygen atoms in total. The Morgan fingerprint density at radius 3 is 1.27 bits per heavy atom. The summed E-state index contributed by atoms with van der Waals surface area (Å²) in [6, 6.07) is 32.9. The zero-order chi connectivity index (χ0) is 17.3. The fourth-order valence-electron chi connectivity index (χ4n) is 2.88. The van der Waals surface area contributed by atoms with E-state index in [1.165, 1.54) is 10.7 Å². The van der Waals surface area contributed by atoms with Crippen molar-refractivity contribution in [1.29, 1.82) is 0 Å². The number of hydrogen-bond acceptors (Lipinski definition) is 1. The van der Waals surface area contributed by atoms with Gasteiger partial charge in [-0.1, -0.05) is 0 Å². The van der Waals surface area contributed by atoms with Gasteiger partial charge in [0.2, 0.25) is 5.91 Å². The molecule has 0 bridgehead atoms. The molecule has 133 valence electrons. The van der Waals surface area contributed by atoms with Crippen LogP contribution in [-0.4, -0.2) is 32.2 Å². The van der Waals surface area contributed by atoms with Gasteiger partial charge in [-0.3, -0.25) is 4.79 Å². The van der Waals surface area contributed by atoms with Crippen molar-refractivity contribution >= 4 is 48.8 Å². The van der Waals surface area contributed by atoms with Crippen molar-refractivity contribution in [3.63, 3.8) is 0 Å². The molecule has 0 unspecified atom stereocenters. The Hall–Kier alpha value is -1.78. The van der Waals surface area contributed by atoms with Gasteiger partial charge < -0.3 is 5.32 Å². The van der Waals surface area contributed by atoms with Gasteiger partial charge in [0.25, 0.3) is 0 Å². The second-order valence-corrected chi connectivity index (χ2v) is 13.0. The van der Waals surface area contributed by atoms with Gasteiger partial charge in [0, 0.05) is 13.0 Å². The Balaban J connectivity index is 0.000000297. The van der Waals surface area contributed by atoms with Gasteiger partial charge >= 0.3 is 121 Å². The maximum absolute atomic E-state index is 10.1. The Labute approximate surface area is 168 Å². The van der Waals surface area contributed by atoms with Crippen LogP contribution in [0.2, 0.25) is 0 Å². The Bertz CT molecular complexity index is 679. The first-order chi connectivity index (χ1) is 12.3. The molecule has 1 amide bonds. The topological polar surface area (TPSA) is 29.1 Å². The SMILES string of the molecule is Cl.O=C1CCCN1.c1cc[c]([Sn]([c]2ccccc2)[c]2ccccc2)cc1. The number of benzene rings is 3. The van der Waals surface area contributed by atoms with Crippen molar-refractivity contribution < 1.29 is 4.79 Å². The average Bonchev–Trinajstić information content (AvgIpc) is 3.16. The van der Waals surface area contributed by atoms with Gasteiger partial charge in [-0.25, -0.2) is 0 Å². The van der Waals surface area contributed by atoms with Gasteiger partial charge in [0.15, 0.2) is 0 Å². The molecule has 1 saturated heterocycles. The zero-order valence-electron chi connectivity index (χ0n) is 14.6. The van der Waals surface area contributed by atoms with Crippen LogP contribution < -0.4 is 16.1 Å². The van der Waals surface area contributed by atoms with Crippen molar-refractivity contribution in [3.8, 4) is 0 Å². The predicted molar refractivity (Wildman–Crippen MR) is 113 cm³/mol. The van der Waals surface area contributed by atoms with E-state index in [4.69, 9.17) is 0 Å². The molecule has 26 heavy (non-hydrogen) atoms. The van der Waals surface area contributed by atoms with Crippen molar-refractivity contribution in [2.24, 2.45) is 0 Å². The van der Waals surface area contributed by atoms with Crippen molar-refractivity contribution in [2.45, 2.75) is 12.8 Å². The van der Waals surface area contributed by atoms with Crippen LogP contribution in [0.3, 0.4) is 0 Å². The number of rotatable bonds is 3. The van der Waals surface area contributed by atoms with Crippen LogP contribution in [0.25, 0.3) is 0 Å². The predicted octanol–water partition coefficient (Wildman–Crippen LogP) is 2.52. The number of carbonyl (C=O) groups excluding carboxylic acids is 1. The molecule has 0 aliphatic carbocycles.